The van der Waals surface area contributed by atoms with Crippen LogP contribution in [0.3, 0.4) is 0 Å². The van der Waals surface area contributed by atoms with E-state index in [9.17, 15) is 4.79 Å². The first-order chi connectivity index (χ1) is 13.9. The van der Waals surface area contributed by atoms with Gasteiger partial charge in [-0.2, -0.15) is 5.10 Å². The molecule has 0 aliphatic carbocycles. The number of nitrogens with one attached hydrogen (secondary N) is 1. The second kappa shape index (κ2) is 11.3. The maximum atomic E-state index is 11.9. The Morgan fingerprint density at radius 2 is 1.86 bits per heavy atom. The van der Waals surface area contributed by atoms with E-state index in [0.29, 0.717) is 28.9 Å². The zero-order valence-corrected chi connectivity index (χ0v) is 18.0. The zero-order chi connectivity index (χ0) is 21.2. The molecule has 156 valence electrons. The Balaban J connectivity index is 1.87. The van der Waals surface area contributed by atoms with Crippen molar-refractivity contribution in [3.63, 3.8) is 0 Å². The minimum absolute atomic E-state index is 0.147. The quantitative estimate of drug-likeness (QED) is 0.345. The summed E-state index contributed by atoms with van der Waals surface area (Å²) in [5, 5.41) is 4.66. The minimum atomic E-state index is -0.363. The fraction of sp³-hybridized carbons (Fsp3) is 0.364. The summed E-state index contributed by atoms with van der Waals surface area (Å²) in [6.45, 7) is 6.38. The predicted octanol–water partition coefficient (Wildman–Crippen LogP) is 4.67. The topological polar surface area (TPSA) is 69.2 Å². The normalized spacial score (nSPS) is 10.8. The summed E-state index contributed by atoms with van der Waals surface area (Å²) in [7, 11) is 1.59. The van der Waals surface area contributed by atoms with Gasteiger partial charge in [0.25, 0.3) is 5.91 Å². The average Bonchev–Trinajstić information content (AvgIpc) is 2.71. The molecule has 0 unspecified atom stereocenters. The summed E-state index contributed by atoms with van der Waals surface area (Å²) in [5.41, 5.74) is 5.01. The van der Waals surface area contributed by atoms with Crippen molar-refractivity contribution in [3.05, 3.63) is 52.0 Å². The van der Waals surface area contributed by atoms with Crippen molar-refractivity contribution >= 4 is 23.7 Å². The van der Waals surface area contributed by atoms with Gasteiger partial charge in [0.1, 0.15) is 5.75 Å². The number of aryl methyl sites for hydroxylation is 2. The van der Waals surface area contributed by atoms with Crippen LogP contribution in [0.25, 0.3) is 0 Å². The third kappa shape index (κ3) is 6.98. The Bertz CT molecular complexity index is 845. The zero-order valence-electron chi connectivity index (χ0n) is 17.3. The number of carbonyl (C=O) groups is 1. The lowest BCUT2D eigenvalue weighted by Crippen LogP contribution is -2.24. The van der Waals surface area contributed by atoms with Crippen LogP contribution >= 0.6 is 11.6 Å². The highest BCUT2D eigenvalue weighted by Crippen LogP contribution is 2.28. The molecule has 29 heavy (non-hydrogen) atoms. The molecule has 2 aromatic rings. The highest BCUT2D eigenvalue weighted by molar-refractivity contribution is 6.32. The number of hydrazone groups is 1. The molecule has 1 amide bonds. The molecule has 0 aliphatic heterocycles. The first kappa shape index (κ1) is 22.6. The second-order valence-electron chi connectivity index (χ2n) is 6.57. The lowest BCUT2D eigenvalue weighted by molar-refractivity contribution is -0.123. The lowest BCUT2D eigenvalue weighted by atomic mass is 10.1. The number of nitrogens with zero attached hydrogens (tertiary/aromatic N) is 1. The van der Waals surface area contributed by atoms with E-state index in [0.717, 1.165) is 29.5 Å². The van der Waals surface area contributed by atoms with Crippen LogP contribution in [0.2, 0.25) is 5.02 Å². The van der Waals surface area contributed by atoms with Crippen LogP contribution in [0.4, 0.5) is 0 Å². The van der Waals surface area contributed by atoms with Gasteiger partial charge in [-0.1, -0.05) is 24.9 Å². The van der Waals surface area contributed by atoms with Crippen molar-refractivity contribution in [1.82, 2.24) is 5.43 Å². The van der Waals surface area contributed by atoms with Crippen LogP contribution < -0.4 is 19.6 Å². The van der Waals surface area contributed by atoms with Crippen molar-refractivity contribution in [1.29, 1.82) is 0 Å². The van der Waals surface area contributed by atoms with E-state index in [1.54, 1.807) is 25.3 Å². The summed E-state index contributed by atoms with van der Waals surface area (Å²) >= 11 is 6.13. The van der Waals surface area contributed by atoms with Crippen molar-refractivity contribution < 1.29 is 19.0 Å². The van der Waals surface area contributed by atoms with E-state index in [2.05, 4.69) is 17.5 Å². The van der Waals surface area contributed by atoms with Crippen LogP contribution in [0, 0.1) is 13.8 Å². The molecule has 0 aromatic heterocycles. The van der Waals surface area contributed by atoms with Gasteiger partial charge >= 0.3 is 0 Å². The number of halogens is 1. The van der Waals surface area contributed by atoms with Crippen LogP contribution in [0.15, 0.2) is 35.4 Å². The summed E-state index contributed by atoms with van der Waals surface area (Å²) in [4.78, 5) is 11.9. The van der Waals surface area contributed by atoms with E-state index in [-0.39, 0.29) is 12.5 Å². The molecule has 6 nitrogen and oxygen atoms in total. The number of ether oxygens (including phenoxy) is 3. The standard InChI is InChI=1S/C22H27ClN2O4/c1-5-6-9-28-19-8-7-17(12-20(19)27-4)13-24-25-21(26)14-29-18-10-15(2)22(23)16(3)11-18/h7-8,10-13H,5-6,9,14H2,1-4H3,(H,25,26)/b24-13+. The monoisotopic (exact) mass is 418 g/mol. The molecule has 1 N–H and O–H groups in total. The number of carbonyl (C=O) groups excluding carboxylic acids is 1. The van der Waals surface area contributed by atoms with Crippen LogP contribution in [-0.2, 0) is 4.79 Å². The van der Waals surface area contributed by atoms with Gasteiger partial charge in [-0.25, -0.2) is 5.43 Å². The van der Waals surface area contributed by atoms with Crippen LogP contribution in [0.5, 0.6) is 17.2 Å². The maximum absolute atomic E-state index is 11.9. The Labute approximate surface area is 176 Å². The minimum Gasteiger partial charge on any atom is -0.493 e. The van der Waals surface area contributed by atoms with Crippen LogP contribution in [0.1, 0.15) is 36.5 Å². The summed E-state index contributed by atoms with van der Waals surface area (Å²) < 4.78 is 16.6. The number of hydrogen-bond acceptors (Lipinski definition) is 5. The first-order valence-corrected chi connectivity index (χ1v) is 9.84. The molecule has 0 atom stereocenters. The summed E-state index contributed by atoms with van der Waals surface area (Å²) in [6.07, 6.45) is 3.58. The fourth-order valence-corrected chi connectivity index (χ4v) is 2.67. The van der Waals surface area contributed by atoms with Gasteiger partial charge in [-0.3, -0.25) is 4.79 Å². The average molecular weight is 419 g/mol. The van der Waals surface area contributed by atoms with Gasteiger partial charge < -0.3 is 14.2 Å². The number of hydrogen-bond donors (Lipinski definition) is 1. The van der Waals surface area contributed by atoms with E-state index in [4.69, 9.17) is 25.8 Å². The van der Waals surface area contributed by atoms with Crippen molar-refractivity contribution in [3.8, 4) is 17.2 Å². The lowest BCUT2D eigenvalue weighted by Gasteiger charge is -2.11. The van der Waals surface area contributed by atoms with Crippen molar-refractivity contribution in [2.75, 3.05) is 20.3 Å². The first-order valence-electron chi connectivity index (χ1n) is 9.46. The molecule has 0 saturated heterocycles. The third-order valence-electron chi connectivity index (χ3n) is 4.13. The van der Waals surface area contributed by atoms with Gasteiger partial charge in [0.15, 0.2) is 18.1 Å². The second-order valence-corrected chi connectivity index (χ2v) is 6.94. The predicted molar refractivity (Wildman–Crippen MR) is 116 cm³/mol. The van der Waals surface area contributed by atoms with Gasteiger partial charge in [-0.05, 0) is 67.3 Å². The Morgan fingerprint density at radius 3 is 2.52 bits per heavy atom. The van der Waals surface area contributed by atoms with Gasteiger partial charge in [0.2, 0.25) is 0 Å². The Morgan fingerprint density at radius 1 is 1.14 bits per heavy atom. The molecule has 7 heteroatoms. The summed E-state index contributed by atoms with van der Waals surface area (Å²) in [5.74, 6) is 1.53. The maximum Gasteiger partial charge on any atom is 0.277 e. The molecular formula is C22H27ClN2O4. The fourth-order valence-electron chi connectivity index (χ4n) is 2.56. The smallest absolute Gasteiger partial charge is 0.277 e. The molecular weight excluding hydrogens is 392 g/mol. The number of methoxy groups -OCH3 is 1. The molecule has 0 spiro atoms. The highest BCUT2D eigenvalue weighted by Gasteiger charge is 2.07. The molecule has 0 radical (unpaired) electrons. The molecule has 0 bridgehead atoms. The number of amides is 1. The highest BCUT2D eigenvalue weighted by atomic mass is 35.5. The van der Waals surface area contributed by atoms with Crippen molar-refractivity contribution in [2.24, 2.45) is 5.10 Å². The molecule has 0 fully saturated rings. The van der Waals surface area contributed by atoms with Gasteiger partial charge in [0.05, 0.1) is 19.9 Å². The summed E-state index contributed by atoms with van der Waals surface area (Å²) in [6, 6.07) is 9.05. The van der Waals surface area contributed by atoms with E-state index >= 15 is 0 Å². The number of rotatable bonds is 10. The molecule has 0 saturated carbocycles. The molecule has 0 aliphatic rings. The van der Waals surface area contributed by atoms with E-state index < -0.39 is 0 Å². The number of unbranched alkanes of at least 4 members (excludes halogenated alkanes) is 1. The Hall–Kier alpha value is -2.73. The van der Waals surface area contributed by atoms with E-state index in [1.807, 2.05) is 26.0 Å². The SMILES string of the molecule is CCCCOc1ccc(/C=N/NC(=O)COc2cc(C)c(Cl)c(C)c2)cc1OC. The van der Waals surface area contributed by atoms with Crippen LogP contribution in [-0.4, -0.2) is 32.4 Å². The van der Waals surface area contributed by atoms with Gasteiger partial charge in [0, 0.05) is 5.02 Å². The van der Waals surface area contributed by atoms with Gasteiger partial charge in [-0.15, -0.1) is 0 Å². The molecule has 0 heterocycles. The molecule has 2 rings (SSSR count). The van der Waals surface area contributed by atoms with Crippen molar-refractivity contribution in [2.45, 2.75) is 33.6 Å². The Kier molecular flexibility index (Phi) is 8.80. The van der Waals surface area contributed by atoms with E-state index in [1.165, 1.54) is 6.21 Å². The molecule has 2 aromatic carbocycles. The number of benzene rings is 2. The third-order valence-corrected chi connectivity index (χ3v) is 4.72. The largest absolute Gasteiger partial charge is 0.493 e.